The Morgan fingerprint density at radius 3 is 2.74 bits per heavy atom. The molecule has 0 saturated heterocycles. The standard InChI is InChI=1S/C20H22ClN3O3/c1-12(2)16-9-17(21)13(3)8-19(16)27-11-14(25)10-24-20(26)15-6-4-5-7-18(15)22-23-24/h4-9,12,14,25H,10-11H2,1-3H3/t14-/m0/s1. The molecular weight excluding hydrogens is 366 g/mol. The number of aromatic nitrogens is 3. The van der Waals surface area contributed by atoms with Crippen LogP contribution in [0.5, 0.6) is 5.75 Å². The Hall–Kier alpha value is -2.44. The molecule has 2 aromatic carbocycles. The predicted octanol–water partition coefficient (Wildman–Crippen LogP) is 3.32. The van der Waals surface area contributed by atoms with Gasteiger partial charge in [0.1, 0.15) is 24.0 Å². The second-order valence-electron chi connectivity index (χ2n) is 6.85. The third-order valence-corrected chi connectivity index (χ3v) is 4.76. The number of fused-ring (bicyclic) bond motifs is 1. The largest absolute Gasteiger partial charge is 0.491 e. The molecule has 0 aliphatic carbocycles. The van der Waals surface area contributed by atoms with Crippen molar-refractivity contribution in [3.8, 4) is 5.75 Å². The number of halogens is 1. The first-order valence-electron chi connectivity index (χ1n) is 8.80. The van der Waals surface area contributed by atoms with E-state index in [0.29, 0.717) is 21.7 Å². The van der Waals surface area contributed by atoms with Crippen LogP contribution in [-0.4, -0.2) is 32.8 Å². The lowest BCUT2D eigenvalue weighted by atomic mass is 10.0. The van der Waals surface area contributed by atoms with Crippen LogP contribution < -0.4 is 10.3 Å². The first kappa shape index (κ1) is 19.3. The molecule has 1 aromatic heterocycles. The van der Waals surface area contributed by atoms with E-state index in [4.69, 9.17) is 16.3 Å². The van der Waals surface area contributed by atoms with Gasteiger partial charge >= 0.3 is 0 Å². The molecule has 0 aliphatic heterocycles. The minimum Gasteiger partial charge on any atom is -0.491 e. The van der Waals surface area contributed by atoms with E-state index in [1.165, 1.54) is 0 Å². The zero-order chi connectivity index (χ0) is 19.6. The number of rotatable bonds is 6. The molecule has 0 amide bonds. The highest BCUT2D eigenvalue weighted by molar-refractivity contribution is 6.31. The van der Waals surface area contributed by atoms with E-state index in [-0.39, 0.29) is 24.6 Å². The summed E-state index contributed by atoms with van der Waals surface area (Å²) in [5, 5.41) is 19.4. The summed E-state index contributed by atoms with van der Waals surface area (Å²) in [6.07, 6.45) is -0.908. The topological polar surface area (TPSA) is 77.2 Å². The molecule has 27 heavy (non-hydrogen) atoms. The van der Waals surface area contributed by atoms with Gasteiger partial charge in [-0.25, -0.2) is 4.68 Å². The number of benzene rings is 2. The Bertz CT molecular complexity index is 1020. The van der Waals surface area contributed by atoms with Crippen molar-refractivity contribution >= 4 is 22.5 Å². The van der Waals surface area contributed by atoms with Gasteiger partial charge in [-0.3, -0.25) is 4.79 Å². The van der Waals surface area contributed by atoms with Gasteiger partial charge in [0.15, 0.2) is 0 Å². The Morgan fingerprint density at radius 2 is 2.00 bits per heavy atom. The van der Waals surface area contributed by atoms with Crippen LogP contribution in [0.25, 0.3) is 10.9 Å². The molecule has 0 unspecified atom stereocenters. The molecule has 0 spiro atoms. The lowest BCUT2D eigenvalue weighted by Gasteiger charge is -2.18. The molecule has 0 fully saturated rings. The van der Waals surface area contributed by atoms with Crippen molar-refractivity contribution in [2.24, 2.45) is 0 Å². The van der Waals surface area contributed by atoms with Gasteiger partial charge in [-0.05, 0) is 48.2 Å². The highest BCUT2D eigenvalue weighted by atomic mass is 35.5. The van der Waals surface area contributed by atoms with E-state index in [1.807, 2.05) is 19.1 Å². The summed E-state index contributed by atoms with van der Waals surface area (Å²) in [5.74, 6) is 0.909. The van der Waals surface area contributed by atoms with Crippen molar-refractivity contribution in [1.82, 2.24) is 15.0 Å². The maximum Gasteiger partial charge on any atom is 0.277 e. The molecule has 1 heterocycles. The fourth-order valence-electron chi connectivity index (χ4n) is 2.83. The SMILES string of the molecule is Cc1cc(OC[C@@H](O)Cn2nnc3ccccc3c2=O)c(C(C)C)cc1Cl. The second-order valence-corrected chi connectivity index (χ2v) is 7.26. The van der Waals surface area contributed by atoms with Crippen molar-refractivity contribution in [1.29, 1.82) is 0 Å². The van der Waals surface area contributed by atoms with Gasteiger partial charge in [-0.2, -0.15) is 0 Å². The van der Waals surface area contributed by atoms with Crippen LogP contribution in [-0.2, 0) is 6.54 Å². The quantitative estimate of drug-likeness (QED) is 0.702. The Kier molecular flexibility index (Phi) is 5.77. The summed E-state index contributed by atoms with van der Waals surface area (Å²) in [7, 11) is 0. The van der Waals surface area contributed by atoms with Gasteiger partial charge in [0.05, 0.1) is 11.9 Å². The molecule has 0 saturated carbocycles. The Balaban J connectivity index is 1.74. The first-order valence-corrected chi connectivity index (χ1v) is 9.18. The molecule has 1 atom stereocenters. The number of hydrogen-bond acceptors (Lipinski definition) is 5. The smallest absolute Gasteiger partial charge is 0.277 e. The number of nitrogens with zero attached hydrogens (tertiary/aromatic N) is 3. The van der Waals surface area contributed by atoms with E-state index >= 15 is 0 Å². The van der Waals surface area contributed by atoms with E-state index in [2.05, 4.69) is 24.2 Å². The zero-order valence-corrected chi connectivity index (χ0v) is 16.3. The monoisotopic (exact) mass is 387 g/mol. The van der Waals surface area contributed by atoms with Gasteiger partial charge in [0.2, 0.25) is 0 Å². The summed E-state index contributed by atoms with van der Waals surface area (Å²) >= 11 is 6.21. The molecule has 7 heteroatoms. The van der Waals surface area contributed by atoms with Crippen LogP contribution in [0.2, 0.25) is 5.02 Å². The molecule has 0 aliphatic rings. The lowest BCUT2D eigenvalue weighted by Crippen LogP contribution is -2.32. The maximum absolute atomic E-state index is 12.5. The summed E-state index contributed by atoms with van der Waals surface area (Å²) in [6, 6.07) is 10.7. The fraction of sp³-hybridized carbons (Fsp3) is 0.350. The van der Waals surface area contributed by atoms with Gasteiger partial charge < -0.3 is 9.84 Å². The molecular formula is C20H22ClN3O3. The maximum atomic E-state index is 12.5. The Morgan fingerprint density at radius 1 is 1.26 bits per heavy atom. The summed E-state index contributed by atoms with van der Waals surface area (Å²) < 4.78 is 6.98. The van der Waals surface area contributed by atoms with Gasteiger partial charge in [0.25, 0.3) is 5.56 Å². The normalized spacial score (nSPS) is 12.5. The minimum absolute atomic E-state index is 0.000249. The molecule has 3 aromatic rings. The predicted molar refractivity (Wildman–Crippen MR) is 106 cm³/mol. The van der Waals surface area contributed by atoms with E-state index in [0.717, 1.165) is 15.8 Å². The van der Waals surface area contributed by atoms with Crippen LogP contribution in [0.4, 0.5) is 0 Å². The van der Waals surface area contributed by atoms with Crippen LogP contribution in [0.15, 0.2) is 41.2 Å². The Labute approximate surface area is 162 Å². The third kappa shape index (κ3) is 4.28. The number of aliphatic hydroxyl groups excluding tert-OH is 1. The van der Waals surface area contributed by atoms with Crippen LogP contribution in [0, 0.1) is 6.92 Å². The van der Waals surface area contributed by atoms with Crippen molar-refractivity contribution in [3.63, 3.8) is 0 Å². The van der Waals surface area contributed by atoms with Gasteiger partial charge in [-0.1, -0.05) is 42.8 Å². The van der Waals surface area contributed by atoms with Gasteiger partial charge in [-0.15, -0.1) is 5.10 Å². The highest BCUT2D eigenvalue weighted by Gasteiger charge is 2.15. The van der Waals surface area contributed by atoms with E-state index < -0.39 is 6.10 Å². The number of hydrogen-bond donors (Lipinski definition) is 1. The summed E-state index contributed by atoms with van der Waals surface area (Å²) in [4.78, 5) is 12.5. The summed E-state index contributed by atoms with van der Waals surface area (Å²) in [6.45, 7) is 6.03. The lowest BCUT2D eigenvalue weighted by molar-refractivity contribution is 0.0867. The number of aliphatic hydroxyl groups is 1. The minimum atomic E-state index is -0.908. The van der Waals surface area contributed by atoms with Crippen molar-refractivity contribution in [2.45, 2.75) is 39.3 Å². The molecule has 0 bridgehead atoms. The van der Waals surface area contributed by atoms with Crippen molar-refractivity contribution < 1.29 is 9.84 Å². The average Bonchev–Trinajstić information content (AvgIpc) is 2.64. The molecule has 142 valence electrons. The van der Waals surface area contributed by atoms with E-state index in [9.17, 15) is 9.90 Å². The van der Waals surface area contributed by atoms with Gasteiger partial charge in [0, 0.05) is 5.02 Å². The summed E-state index contributed by atoms with van der Waals surface area (Å²) in [5.41, 5.74) is 2.12. The first-order chi connectivity index (χ1) is 12.9. The highest BCUT2D eigenvalue weighted by Crippen LogP contribution is 2.32. The molecule has 3 rings (SSSR count). The third-order valence-electron chi connectivity index (χ3n) is 4.36. The fourth-order valence-corrected chi connectivity index (χ4v) is 3.00. The van der Waals surface area contributed by atoms with Crippen LogP contribution >= 0.6 is 11.6 Å². The van der Waals surface area contributed by atoms with E-state index in [1.54, 1.807) is 24.3 Å². The average molecular weight is 388 g/mol. The van der Waals surface area contributed by atoms with Crippen molar-refractivity contribution in [2.75, 3.05) is 6.61 Å². The number of ether oxygens (including phenoxy) is 1. The number of aryl methyl sites for hydroxylation is 1. The molecule has 0 radical (unpaired) electrons. The molecule has 6 nitrogen and oxygen atoms in total. The molecule has 1 N–H and O–H groups in total. The van der Waals surface area contributed by atoms with Crippen LogP contribution in [0.1, 0.15) is 30.9 Å². The zero-order valence-electron chi connectivity index (χ0n) is 15.5. The van der Waals surface area contributed by atoms with Crippen LogP contribution in [0.3, 0.4) is 0 Å². The second kappa shape index (κ2) is 8.06. The van der Waals surface area contributed by atoms with Crippen molar-refractivity contribution in [3.05, 3.63) is 62.9 Å².